The average Bonchev–Trinajstić information content (AvgIpc) is 2.68. The fourth-order valence-electron chi connectivity index (χ4n) is 4.35. The third-order valence-electron chi connectivity index (χ3n) is 6.17. The van der Waals surface area contributed by atoms with E-state index in [1.54, 1.807) is 0 Å². The molecule has 2 aromatic rings. The first kappa shape index (κ1) is 27.1. The first-order valence-corrected chi connectivity index (χ1v) is 13.5. The minimum absolute atomic E-state index is 0.157. The molecule has 1 N–H and O–H groups in total. The largest absolute Gasteiger partial charge is 0.396 e. The van der Waals surface area contributed by atoms with Gasteiger partial charge in [-0.2, -0.15) is 0 Å². The lowest BCUT2D eigenvalue weighted by molar-refractivity contribution is 0.186. The molecule has 0 aliphatic heterocycles. The molecule has 0 unspecified atom stereocenters. The fraction of sp³-hybridized carbons (Fsp3) is 0.520. The van der Waals surface area contributed by atoms with E-state index in [-0.39, 0.29) is 12.0 Å². The molecule has 0 spiro atoms. The quantitative estimate of drug-likeness (QED) is 0.330. The summed E-state index contributed by atoms with van der Waals surface area (Å²) in [6.45, 7) is 0.186. The minimum atomic E-state index is -0.157. The van der Waals surface area contributed by atoms with Crippen molar-refractivity contribution in [1.82, 2.24) is 0 Å². The maximum Gasteiger partial charge on any atom is 0.0967 e. The summed E-state index contributed by atoms with van der Waals surface area (Å²) in [7, 11) is 0. The van der Waals surface area contributed by atoms with Gasteiger partial charge >= 0.3 is 0 Å². The Balaban J connectivity index is 0.000000196. The van der Waals surface area contributed by atoms with E-state index in [9.17, 15) is 4.39 Å². The molecule has 0 atom stereocenters. The topological polar surface area (TPSA) is 20.2 Å². The Morgan fingerprint density at radius 1 is 0.806 bits per heavy atom. The van der Waals surface area contributed by atoms with E-state index >= 15 is 0 Å². The minimum Gasteiger partial charge on any atom is -0.396 e. The average molecular weight is 597 g/mol. The summed E-state index contributed by atoms with van der Waals surface area (Å²) < 4.78 is 14.4. The van der Waals surface area contributed by atoms with E-state index in [0.29, 0.717) is 18.4 Å². The molecule has 0 amide bonds. The summed E-state index contributed by atoms with van der Waals surface area (Å²) in [6, 6.07) is 17.0. The summed E-state index contributed by atoms with van der Waals surface area (Å²) in [4.78, 5) is 0. The van der Waals surface area contributed by atoms with E-state index < -0.39 is 0 Å². The van der Waals surface area contributed by atoms with Crippen molar-refractivity contribution in [2.75, 3.05) is 18.6 Å². The van der Waals surface area contributed by atoms with Crippen LogP contribution in [-0.4, -0.2) is 23.7 Å². The molecule has 2 aliphatic rings. The zero-order valence-corrected chi connectivity index (χ0v) is 22.3. The predicted molar refractivity (Wildman–Crippen MR) is 138 cm³/mol. The summed E-state index contributed by atoms with van der Waals surface area (Å²) in [5.74, 6) is 2.78. The van der Waals surface area contributed by atoms with Crippen LogP contribution in [0.2, 0.25) is 0 Å². The van der Waals surface area contributed by atoms with Crippen LogP contribution in [0, 0.1) is 11.8 Å². The van der Waals surface area contributed by atoms with Crippen molar-refractivity contribution in [3.8, 4) is 0 Å². The highest BCUT2D eigenvalue weighted by Crippen LogP contribution is 2.44. The summed E-state index contributed by atoms with van der Waals surface area (Å²) in [5, 5.41) is 8.99. The van der Waals surface area contributed by atoms with Crippen LogP contribution in [0.4, 0.5) is 4.39 Å². The fourth-order valence-corrected chi connectivity index (χ4v) is 5.18. The SMILES string of the molecule is ClCCl.FCCC1CC(c2cccc(Br)c2)C1.OCCC1CC(c2cccc(Br)c2)C1. The molecular formula is C25H31Br2Cl2FO. The Labute approximate surface area is 213 Å². The van der Waals surface area contributed by atoms with Crippen LogP contribution < -0.4 is 0 Å². The Morgan fingerprint density at radius 2 is 1.23 bits per heavy atom. The predicted octanol–water partition coefficient (Wildman–Crippen LogP) is 9.05. The molecule has 0 bridgehead atoms. The van der Waals surface area contributed by atoms with Gasteiger partial charge in [-0.15, -0.1) is 23.2 Å². The van der Waals surface area contributed by atoms with Gasteiger partial charge in [0, 0.05) is 15.6 Å². The number of rotatable bonds is 6. The first-order valence-electron chi connectivity index (χ1n) is 10.8. The van der Waals surface area contributed by atoms with Gasteiger partial charge in [0.15, 0.2) is 0 Å². The lowest BCUT2D eigenvalue weighted by Crippen LogP contribution is -2.22. The highest BCUT2D eigenvalue weighted by molar-refractivity contribution is 9.10. The molecule has 4 rings (SSSR count). The zero-order chi connectivity index (χ0) is 22.6. The van der Waals surface area contributed by atoms with E-state index in [1.807, 2.05) is 6.07 Å². The second-order valence-corrected chi connectivity index (χ2v) is 10.9. The van der Waals surface area contributed by atoms with Crippen molar-refractivity contribution in [1.29, 1.82) is 0 Å². The maximum atomic E-state index is 12.1. The van der Waals surface area contributed by atoms with Crippen LogP contribution in [0.5, 0.6) is 0 Å². The Hall–Kier alpha value is -0.130. The standard InChI is InChI=1S/C12H14BrF.C12H15BrO.CH2Cl2/c2*13-12-3-1-2-10(8-12)11-6-9(7-11)4-5-14;2-1-3/h1-3,8-9,11H,4-7H2;1-3,8-9,11,14H,4-7H2;1H2. The van der Waals surface area contributed by atoms with Gasteiger partial charge in [0.2, 0.25) is 0 Å². The van der Waals surface area contributed by atoms with Gasteiger partial charge in [0.25, 0.3) is 0 Å². The van der Waals surface area contributed by atoms with Crippen molar-refractivity contribution >= 4 is 55.1 Å². The number of hydrogen-bond donors (Lipinski definition) is 1. The Kier molecular flexibility index (Phi) is 13.0. The number of alkyl halides is 3. The van der Waals surface area contributed by atoms with Crippen molar-refractivity contribution in [2.45, 2.75) is 50.4 Å². The molecule has 0 saturated heterocycles. The van der Waals surface area contributed by atoms with Gasteiger partial charge < -0.3 is 5.11 Å². The van der Waals surface area contributed by atoms with Crippen LogP contribution in [0.3, 0.4) is 0 Å². The summed E-state index contributed by atoms with van der Waals surface area (Å²) in [6.07, 6.45) is 6.56. The van der Waals surface area contributed by atoms with Gasteiger partial charge in [-0.3, -0.25) is 4.39 Å². The normalized spacial score (nSPS) is 23.9. The molecule has 172 valence electrons. The van der Waals surface area contributed by atoms with Crippen LogP contribution in [0.15, 0.2) is 57.5 Å². The van der Waals surface area contributed by atoms with E-state index in [0.717, 1.165) is 29.2 Å². The second-order valence-electron chi connectivity index (χ2n) is 8.27. The molecular weight excluding hydrogens is 566 g/mol. The lowest BCUT2D eigenvalue weighted by atomic mass is 9.70. The van der Waals surface area contributed by atoms with E-state index in [2.05, 4.69) is 74.3 Å². The van der Waals surface area contributed by atoms with Crippen LogP contribution in [-0.2, 0) is 0 Å². The third-order valence-corrected chi connectivity index (χ3v) is 7.15. The molecule has 2 aromatic carbocycles. The molecule has 31 heavy (non-hydrogen) atoms. The van der Waals surface area contributed by atoms with E-state index in [1.165, 1.54) is 41.3 Å². The smallest absolute Gasteiger partial charge is 0.0967 e. The monoisotopic (exact) mass is 594 g/mol. The molecule has 2 fully saturated rings. The number of hydrogen-bond acceptors (Lipinski definition) is 1. The van der Waals surface area contributed by atoms with Crippen molar-refractivity contribution in [3.63, 3.8) is 0 Å². The molecule has 0 radical (unpaired) electrons. The highest BCUT2D eigenvalue weighted by atomic mass is 79.9. The van der Waals surface area contributed by atoms with Gasteiger partial charge in [-0.1, -0.05) is 56.1 Å². The molecule has 2 aliphatic carbocycles. The maximum absolute atomic E-state index is 12.1. The number of aliphatic hydroxyl groups is 1. The first-order chi connectivity index (χ1) is 15.0. The van der Waals surface area contributed by atoms with E-state index in [4.69, 9.17) is 28.3 Å². The van der Waals surface area contributed by atoms with Crippen LogP contribution in [0.25, 0.3) is 0 Å². The van der Waals surface area contributed by atoms with Crippen LogP contribution in [0.1, 0.15) is 61.5 Å². The summed E-state index contributed by atoms with van der Waals surface area (Å²) in [5.41, 5.74) is 2.84. The van der Waals surface area contributed by atoms with Gasteiger partial charge in [0.1, 0.15) is 0 Å². The molecule has 2 saturated carbocycles. The Bertz CT molecular complexity index is 701. The molecule has 0 aromatic heterocycles. The number of aliphatic hydroxyl groups excluding tert-OH is 1. The van der Waals surface area contributed by atoms with Gasteiger partial charge in [-0.25, -0.2) is 0 Å². The van der Waals surface area contributed by atoms with Gasteiger partial charge in [-0.05, 0) is 97.6 Å². The number of halogens is 5. The molecule has 6 heteroatoms. The summed E-state index contributed by atoms with van der Waals surface area (Å²) >= 11 is 16.5. The molecule has 1 nitrogen and oxygen atoms in total. The van der Waals surface area contributed by atoms with Crippen molar-refractivity contribution in [2.24, 2.45) is 11.8 Å². The third kappa shape index (κ3) is 9.33. The highest BCUT2D eigenvalue weighted by Gasteiger charge is 2.30. The van der Waals surface area contributed by atoms with Gasteiger partial charge in [0.05, 0.1) is 12.0 Å². The Morgan fingerprint density at radius 3 is 1.58 bits per heavy atom. The second kappa shape index (κ2) is 14.9. The lowest BCUT2D eigenvalue weighted by Gasteiger charge is -2.35. The van der Waals surface area contributed by atoms with Crippen molar-refractivity contribution in [3.05, 3.63) is 68.6 Å². The van der Waals surface area contributed by atoms with Crippen LogP contribution >= 0.6 is 55.1 Å². The molecule has 0 heterocycles. The zero-order valence-electron chi connectivity index (χ0n) is 17.6. The number of benzene rings is 2. The van der Waals surface area contributed by atoms with Crippen molar-refractivity contribution < 1.29 is 9.50 Å².